The molecule has 0 aliphatic carbocycles. The van der Waals surface area contributed by atoms with Gasteiger partial charge in [0.15, 0.2) is 0 Å². The molecule has 4 rings (SSSR count). The minimum absolute atomic E-state index is 0.00281. The van der Waals surface area contributed by atoms with Crippen LogP contribution < -0.4 is 5.32 Å². The Bertz CT molecular complexity index is 942. The fourth-order valence-corrected chi connectivity index (χ4v) is 3.72. The van der Waals surface area contributed by atoms with Crippen molar-refractivity contribution in [3.05, 3.63) is 59.8 Å². The summed E-state index contributed by atoms with van der Waals surface area (Å²) in [5, 5.41) is 4.92. The molecule has 2 aromatic carbocycles. The van der Waals surface area contributed by atoms with Crippen molar-refractivity contribution in [1.82, 2.24) is 4.98 Å². The lowest BCUT2D eigenvalue weighted by atomic mass is 9.87. The van der Waals surface area contributed by atoms with Crippen LogP contribution in [0.25, 0.3) is 27.6 Å². The van der Waals surface area contributed by atoms with Gasteiger partial charge in [-0.1, -0.05) is 24.3 Å². The van der Waals surface area contributed by atoms with Gasteiger partial charge in [0.2, 0.25) is 0 Å². The number of allylic oxidation sites excluding steroid dienone is 1. The summed E-state index contributed by atoms with van der Waals surface area (Å²) in [4.78, 5) is 3.38. The van der Waals surface area contributed by atoms with Crippen molar-refractivity contribution in [2.45, 2.75) is 33.2 Å². The van der Waals surface area contributed by atoms with E-state index in [4.69, 9.17) is 0 Å². The Labute approximate surface area is 137 Å². The number of aromatic nitrogens is 1. The molecule has 2 heterocycles. The molecule has 0 bridgehead atoms. The zero-order valence-electron chi connectivity index (χ0n) is 14.1. The highest BCUT2D eigenvalue weighted by atomic mass is 15.0. The topological polar surface area (TPSA) is 27.8 Å². The number of nitrogens with one attached hydrogen (secondary N) is 2. The second-order valence-electron chi connectivity index (χ2n) is 7.14. The van der Waals surface area contributed by atoms with Crippen molar-refractivity contribution in [2.24, 2.45) is 0 Å². The van der Waals surface area contributed by atoms with E-state index in [1.807, 2.05) is 6.20 Å². The Morgan fingerprint density at radius 1 is 0.957 bits per heavy atom. The van der Waals surface area contributed by atoms with Crippen molar-refractivity contribution in [3.8, 4) is 11.1 Å². The first kappa shape index (κ1) is 14.1. The third kappa shape index (κ3) is 2.26. The number of H-pyrrole nitrogens is 1. The molecule has 0 atom stereocenters. The summed E-state index contributed by atoms with van der Waals surface area (Å²) in [6.45, 7) is 8.83. The van der Waals surface area contributed by atoms with Crippen molar-refractivity contribution >= 4 is 22.2 Å². The standard InChI is InChI=1S/C21H22N2/c1-13-10-16(17-7-5-6-15-8-9-22-20(15)17)11-18-14(2)12-21(3,4)23-19(13)18/h5-12,22-23H,1-4H3. The van der Waals surface area contributed by atoms with Gasteiger partial charge in [0, 0.05) is 23.0 Å². The van der Waals surface area contributed by atoms with Crippen molar-refractivity contribution in [2.75, 3.05) is 5.32 Å². The summed E-state index contributed by atoms with van der Waals surface area (Å²) >= 11 is 0. The van der Waals surface area contributed by atoms with Crippen LogP contribution in [0.5, 0.6) is 0 Å². The van der Waals surface area contributed by atoms with Gasteiger partial charge in [0.1, 0.15) is 0 Å². The van der Waals surface area contributed by atoms with E-state index in [0.29, 0.717) is 0 Å². The molecule has 2 nitrogen and oxygen atoms in total. The Balaban J connectivity index is 1.95. The van der Waals surface area contributed by atoms with E-state index in [1.165, 1.54) is 44.4 Å². The second kappa shape index (κ2) is 4.76. The van der Waals surface area contributed by atoms with Crippen molar-refractivity contribution < 1.29 is 0 Å². The van der Waals surface area contributed by atoms with Gasteiger partial charge < -0.3 is 10.3 Å². The summed E-state index contributed by atoms with van der Waals surface area (Å²) < 4.78 is 0. The van der Waals surface area contributed by atoms with Gasteiger partial charge in [0.25, 0.3) is 0 Å². The van der Waals surface area contributed by atoms with E-state index in [1.54, 1.807) is 0 Å². The van der Waals surface area contributed by atoms with Crippen LogP contribution in [0.2, 0.25) is 0 Å². The molecule has 23 heavy (non-hydrogen) atoms. The minimum Gasteiger partial charge on any atom is -0.376 e. The van der Waals surface area contributed by atoms with Gasteiger partial charge in [-0.2, -0.15) is 0 Å². The number of aryl methyl sites for hydroxylation is 1. The van der Waals surface area contributed by atoms with Gasteiger partial charge in [-0.3, -0.25) is 0 Å². The average Bonchev–Trinajstić information content (AvgIpc) is 2.95. The molecule has 0 amide bonds. The molecule has 3 aromatic rings. The van der Waals surface area contributed by atoms with Gasteiger partial charge in [-0.05, 0) is 68.0 Å². The van der Waals surface area contributed by atoms with Crippen LogP contribution in [0.1, 0.15) is 31.9 Å². The van der Waals surface area contributed by atoms with Gasteiger partial charge in [-0.25, -0.2) is 0 Å². The molecule has 0 saturated heterocycles. The highest BCUT2D eigenvalue weighted by Gasteiger charge is 2.24. The second-order valence-corrected chi connectivity index (χ2v) is 7.14. The van der Waals surface area contributed by atoms with Crippen LogP contribution in [0.3, 0.4) is 0 Å². The summed E-state index contributed by atoms with van der Waals surface area (Å²) in [6.07, 6.45) is 4.32. The van der Waals surface area contributed by atoms with Crippen LogP contribution in [0.15, 0.2) is 48.7 Å². The molecule has 0 saturated carbocycles. The predicted molar refractivity (Wildman–Crippen MR) is 99.8 cm³/mol. The summed E-state index contributed by atoms with van der Waals surface area (Å²) in [5.41, 5.74) is 8.94. The van der Waals surface area contributed by atoms with Crippen LogP contribution in [-0.2, 0) is 0 Å². The molecule has 2 N–H and O–H groups in total. The Kier molecular flexibility index (Phi) is 2.92. The minimum atomic E-state index is 0.00281. The molecule has 0 unspecified atom stereocenters. The monoisotopic (exact) mass is 302 g/mol. The number of hydrogen-bond donors (Lipinski definition) is 2. The number of hydrogen-bond acceptors (Lipinski definition) is 1. The normalized spacial score (nSPS) is 15.9. The highest BCUT2D eigenvalue weighted by Crippen LogP contribution is 2.39. The molecule has 0 radical (unpaired) electrons. The largest absolute Gasteiger partial charge is 0.376 e. The third-order valence-electron chi connectivity index (χ3n) is 4.68. The lowest BCUT2D eigenvalue weighted by Gasteiger charge is -2.33. The average molecular weight is 302 g/mol. The quantitative estimate of drug-likeness (QED) is 0.588. The maximum Gasteiger partial charge on any atom is 0.0533 e. The number of anilines is 1. The van der Waals surface area contributed by atoms with E-state index in [2.05, 4.69) is 80.5 Å². The molecule has 0 spiro atoms. The maximum absolute atomic E-state index is 3.66. The smallest absolute Gasteiger partial charge is 0.0533 e. The predicted octanol–water partition coefficient (Wildman–Crippen LogP) is 5.75. The number of para-hydroxylation sites is 1. The number of aromatic amines is 1. The van der Waals surface area contributed by atoms with Gasteiger partial charge in [0.05, 0.1) is 11.1 Å². The fourth-order valence-electron chi connectivity index (χ4n) is 3.72. The summed E-state index contributed by atoms with van der Waals surface area (Å²) in [5.74, 6) is 0. The van der Waals surface area contributed by atoms with Crippen LogP contribution in [0.4, 0.5) is 5.69 Å². The summed E-state index contributed by atoms with van der Waals surface area (Å²) in [7, 11) is 0. The first-order chi connectivity index (χ1) is 10.9. The SMILES string of the molecule is CC1=CC(C)(C)Nc2c(C)cc(-c3cccc4cc[nH]c34)cc21. The molecular weight excluding hydrogens is 280 g/mol. The van der Waals surface area contributed by atoms with E-state index >= 15 is 0 Å². The molecule has 116 valence electrons. The maximum atomic E-state index is 3.66. The highest BCUT2D eigenvalue weighted by molar-refractivity contribution is 5.96. The fraction of sp³-hybridized carbons (Fsp3) is 0.238. The zero-order chi connectivity index (χ0) is 16.2. The summed E-state index contributed by atoms with van der Waals surface area (Å²) in [6, 6.07) is 13.2. The Morgan fingerprint density at radius 3 is 2.61 bits per heavy atom. The van der Waals surface area contributed by atoms with Crippen LogP contribution >= 0.6 is 0 Å². The van der Waals surface area contributed by atoms with Gasteiger partial charge >= 0.3 is 0 Å². The third-order valence-corrected chi connectivity index (χ3v) is 4.68. The first-order valence-electron chi connectivity index (χ1n) is 8.14. The number of fused-ring (bicyclic) bond motifs is 2. The first-order valence-corrected chi connectivity index (χ1v) is 8.14. The number of benzene rings is 2. The number of rotatable bonds is 1. The van der Waals surface area contributed by atoms with Crippen LogP contribution in [0, 0.1) is 6.92 Å². The molecule has 1 aliphatic rings. The van der Waals surface area contributed by atoms with Crippen LogP contribution in [-0.4, -0.2) is 10.5 Å². The molecular formula is C21H22N2. The Hall–Kier alpha value is -2.48. The molecule has 0 fully saturated rings. The van der Waals surface area contributed by atoms with Gasteiger partial charge in [-0.15, -0.1) is 0 Å². The van der Waals surface area contributed by atoms with Crippen molar-refractivity contribution in [3.63, 3.8) is 0 Å². The van der Waals surface area contributed by atoms with E-state index in [0.717, 1.165) is 0 Å². The Morgan fingerprint density at radius 2 is 1.78 bits per heavy atom. The molecule has 1 aromatic heterocycles. The molecule has 1 aliphatic heterocycles. The van der Waals surface area contributed by atoms with E-state index in [9.17, 15) is 0 Å². The van der Waals surface area contributed by atoms with E-state index in [-0.39, 0.29) is 5.54 Å². The molecule has 2 heteroatoms. The zero-order valence-corrected chi connectivity index (χ0v) is 14.1. The lowest BCUT2D eigenvalue weighted by molar-refractivity contribution is 0.706. The van der Waals surface area contributed by atoms with E-state index < -0.39 is 0 Å². The lowest BCUT2D eigenvalue weighted by Crippen LogP contribution is -2.32. The van der Waals surface area contributed by atoms with Crippen molar-refractivity contribution in [1.29, 1.82) is 0 Å².